The zero-order chi connectivity index (χ0) is 20.8. The van der Waals surface area contributed by atoms with Crippen LogP contribution in [0, 0.1) is 0 Å². The predicted octanol–water partition coefficient (Wildman–Crippen LogP) is 2.18. The van der Waals surface area contributed by atoms with Gasteiger partial charge in [-0.25, -0.2) is 0 Å². The highest BCUT2D eigenvalue weighted by atomic mass is 16.5. The normalized spacial score (nSPS) is 11.4. The molecule has 8 nitrogen and oxygen atoms in total. The molecule has 0 atom stereocenters. The molecule has 0 fully saturated rings. The van der Waals surface area contributed by atoms with Gasteiger partial charge in [0.25, 0.3) is 16.8 Å². The van der Waals surface area contributed by atoms with Crippen molar-refractivity contribution in [3.8, 4) is 5.75 Å². The van der Waals surface area contributed by atoms with Gasteiger partial charge in [0, 0.05) is 14.1 Å². The number of nitrogens with zero attached hydrogens (tertiary/aromatic N) is 1. The number of hydrogen-bond donors (Lipinski definition) is 3. The van der Waals surface area contributed by atoms with E-state index in [0.29, 0.717) is 12.4 Å². The van der Waals surface area contributed by atoms with Gasteiger partial charge in [-0.15, -0.1) is 0 Å². The summed E-state index contributed by atoms with van der Waals surface area (Å²) >= 11 is 0. The molecule has 0 aliphatic rings. The summed E-state index contributed by atoms with van der Waals surface area (Å²) in [7, 11) is 3.14. The SMILES string of the molecule is CC/C=C(/CNc1c(Nc2cccc(C(=O)N(C)C)c2O)c(=O)c1=O)OCC. The molecule has 28 heavy (non-hydrogen) atoms. The first kappa shape index (κ1) is 21.0. The number of amides is 1. The number of carbonyl (C=O) groups excluding carboxylic acids is 1. The number of rotatable bonds is 9. The Bertz CT molecular complexity index is 955. The summed E-state index contributed by atoms with van der Waals surface area (Å²) in [6.07, 6.45) is 2.66. The van der Waals surface area contributed by atoms with E-state index in [4.69, 9.17) is 4.74 Å². The lowest BCUT2D eigenvalue weighted by molar-refractivity contribution is 0.0824. The zero-order valence-corrected chi connectivity index (χ0v) is 16.5. The van der Waals surface area contributed by atoms with E-state index >= 15 is 0 Å². The third kappa shape index (κ3) is 4.33. The molecule has 1 amide bonds. The van der Waals surface area contributed by atoms with E-state index in [2.05, 4.69) is 10.6 Å². The molecule has 0 saturated heterocycles. The topological polar surface area (TPSA) is 108 Å². The largest absolute Gasteiger partial charge is 0.505 e. The lowest BCUT2D eigenvalue weighted by atomic mass is 10.1. The molecule has 2 aromatic carbocycles. The van der Waals surface area contributed by atoms with Crippen LogP contribution in [0.1, 0.15) is 30.6 Å². The standard InChI is InChI=1S/C20H25N3O5/c1-5-8-12(28-6-2)11-21-15-16(19(26)18(15)25)22-14-10-7-9-13(17(14)24)20(27)23(3)4/h7-10,21-22,24H,5-6,11H2,1-4H3/b12-8-. The molecule has 3 N–H and O–H groups in total. The summed E-state index contributed by atoms with van der Waals surface area (Å²) in [5, 5.41) is 16.1. The molecular weight excluding hydrogens is 362 g/mol. The monoisotopic (exact) mass is 387 g/mol. The molecule has 0 unspecified atom stereocenters. The van der Waals surface area contributed by atoms with Gasteiger partial charge in [-0.2, -0.15) is 0 Å². The van der Waals surface area contributed by atoms with Gasteiger partial charge in [-0.05, 0) is 31.6 Å². The Hall–Kier alpha value is -3.29. The maximum Gasteiger partial charge on any atom is 0.257 e. The van der Waals surface area contributed by atoms with Gasteiger partial charge >= 0.3 is 0 Å². The van der Waals surface area contributed by atoms with Crippen LogP contribution >= 0.6 is 0 Å². The number of phenolic OH excluding ortho intramolecular Hbond substituents is 1. The van der Waals surface area contributed by atoms with Crippen molar-refractivity contribution < 1.29 is 14.6 Å². The minimum atomic E-state index is -0.691. The number of phenols is 1. The first-order chi connectivity index (χ1) is 13.3. The van der Waals surface area contributed by atoms with Crippen LogP contribution in [0.5, 0.6) is 5.75 Å². The highest BCUT2D eigenvalue weighted by Crippen LogP contribution is 2.32. The predicted molar refractivity (Wildman–Crippen MR) is 109 cm³/mol. The molecular formula is C20H25N3O5. The number of allylic oxidation sites excluding steroid dienone is 1. The Morgan fingerprint density at radius 2 is 1.86 bits per heavy atom. The number of para-hydroxylation sites is 1. The summed E-state index contributed by atoms with van der Waals surface area (Å²) in [6.45, 7) is 4.57. The van der Waals surface area contributed by atoms with E-state index in [1.807, 2.05) is 19.9 Å². The van der Waals surface area contributed by atoms with Crippen LogP contribution in [-0.4, -0.2) is 43.2 Å². The molecule has 0 heterocycles. The number of hydrogen-bond acceptors (Lipinski definition) is 7. The Kier molecular flexibility index (Phi) is 6.81. The zero-order valence-electron chi connectivity index (χ0n) is 16.5. The molecule has 0 aromatic heterocycles. The van der Waals surface area contributed by atoms with Crippen LogP contribution in [0.4, 0.5) is 17.1 Å². The number of ether oxygens (including phenoxy) is 1. The van der Waals surface area contributed by atoms with Crippen molar-refractivity contribution >= 4 is 23.0 Å². The second kappa shape index (κ2) is 9.07. The van der Waals surface area contributed by atoms with Crippen molar-refractivity contribution in [2.75, 3.05) is 37.9 Å². The molecule has 0 bridgehead atoms. The number of anilines is 3. The molecule has 0 radical (unpaired) electrons. The first-order valence-corrected chi connectivity index (χ1v) is 9.01. The van der Waals surface area contributed by atoms with Crippen molar-refractivity contribution in [2.45, 2.75) is 20.3 Å². The minimum Gasteiger partial charge on any atom is -0.505 e. The molecule has 0 aliphatic heterocycles. The maximum atomic E-state index is 12.1. The summed E-state index contributed by atoms with van der Waals surface area (Å²) in [5.41, 5.74) is -0.916. The summed E-state index contributed by atoms with van der Waals surface area (Å²) in [6, 6.07) is 4.58. The second-order valence-electron chi connectivity index (χ2n) is 6.30. The lowest BCUT2D eigenvalue weighted by Gasteiger charge is -2.18. The molecule has 150 valence electrons. The number of carbonyl (C=O) groups is 1. The third-order valence-corrected chi connectivity index (χ3v) is 4.04. The van der Waals surface area contributed by atoms with Crippen molar-refractivity contribution in [2.24, 2.45) is 0 Å². The van der Waals surface area contributed by atoms with Crippen LogP contribution < -0.4 is 21.5 Å². The van der Waals surface area contributed by atoms with Gasteiger partial charge in [0.15, 0.2) is 5.75 Å². The van der Waals surface area contributed by atoms with E-state index in [0.717, 1.165) is 6.42 Å². The average molecular weight is 387 g/mol. The van der Waals surface area contributed by atoms with Crippen LogP contribution in [0.15, 0.2) is 39.6 Å². The number of benzene rings is 1. The third-order valence-electron chi connectivity index (χ3n) is 4.04. The summed E-state index contributed by atoms with van der Waals surface area (Å²) in [5.74, 6) is 0.00190. The maximum absolute atomic E-state index is 12.1. The van der Waals surface area contributed by atoms with E-state index in [9.17, 15) is 19.5 Å². The number of aromatic hydroxyl groups is 1. The van der Waals surface area contributed by atoms with E-state index in [1.54, 1.807) is 20.2 Å². The highest BCUT2D eigenvalue weighted by Gasteiger charge is 2.23. The van der Waals surface area contributed by atoms with Gasteiger partial charge in [0.1, 0.15) is 17.1 Å². The highest BCUT2D eigenvalue weighted by molar-refractivity contribution is 5.99. The van der Waals surface area contributed by atoms with Gasteiger partial charge < -0.3 is 25.4 Å². The molecule has 0 spiro atoms. The summed E-state index contributed by atoms with van der Waals surface area (Å²) in [4.78, 5) is 37.4. The van der Waals surface area contributed by atoms with Gasteiger partial charge in [-0.3, -0.25) is 14.4 Å². The Morgan fingerprint density at radius 1 is 1.18 bits per heavy atom. The summed E-state index contributed by atoms with van der Waals surface area (Å²) < 4.78 is 5.48. The van der Waals surface area contributed by atoms with Gasteiger partial charge in [0.05, 0.1) is 24.4 Å². The quantitative estimate of drug-likeness (QED) is 0.344. The van der Waals surface area contributed by atoms with Crippen molar-refractivity contribution in [3.63, 3.8) is 0 Å². The lowest BCUT2D eigenvalue weighted by Crippen LogP contribution is -2.37. The van der Waals surface area contributed by atoms with E-state index < -0.39 is 10.9 Å². The fourth-order valence-corrected chi connectivity index (χ4v) is 2.64. The fourth-order valence-electron chi connectivity index (χ4n) is 2.64. The van der Waals surface area contributed by atoms with Crippen LogP contribution in [-0.2, 0) is 4.74 Å². The average Bonchev–Trinajstić information content (AvgIpc) is 2.67. The smallest absolute Gasteiger partial charge is 0.257 e. The van der Waals surface area contributed by atoms with Gasteiger partial charge in [0.2, 0.25) is 0 Å². The van der Waals surface area contributed by atoms with Crippen molar-refractivity contribution in [1.29, 1.82) is 0 Å². The Morgan fingerprint density at radius 3 is 2.46 bits per heavy atom. The number of nitrogens with one attached hydrogen (secondary N) is 2. The Labute approximate surface area is 163 Å². The molecule has 2 rings (SSSR count). The van der Waals surface area contributed by atoms with Crippen LogP contribution in [0.3, 0.4) is 0 Å². The molecule has 0 saturated carbocycles. The van der Waals surface area contributed by atoms with Crippen LogP contribution in [0.2, 0.25) is 0 Å². The Balaban J connectivity index is 2.25. The van der Waals surface area contributed by atoms with E-state index in [-0.39, 0.29) is 40.8 Å². The first-order valence-electron chi connectivity index (χ1n) is 9.01. The second-order valence-corrected chi connectivity index (χ2v) is 6.30. The molecule has 0 aliphatic carbocycles. The molecule has 8 heteroatoms. The van der Waals surface area contributed by atoms with Crippen LogP contribution in [0.25, 0.3) is 0 Å². The van der Waals surface area contributed by atoms with E-state index in [1.165, 1.54) is 17.0 Å². The molecule has 2 aromatic rings. The van der Waals surface area contributed by atoms with Crippen molar-refractivity contribution in [1.82, 2.24) is 4.90 Å². The van der Waals surface area contributed by atoms with Crippen molar-refractivity contribution in [3.05, 3.63) is 56.0 Å². The minimum absolute atomic E-state index is 0.0436. The fraction of sp³-hybridized carbons (Fsp3) is 0.350. The van der Waals surface area contributed by atoms with Gasteiger partial charge in [-0.1, -0.05) is 13.0 Å².